The number of nitrogens with zero attached hydrogens (tertiary/aromatic N) is 3. The summed E-state index contributed by atoms with van der Waals surface area (Å²) in [6.07, 6.45) is 7.70. The summed E-state index contributed by atoms with van der Waals surface area (Å²) >= 11 is 3.91. The summed E-state index contributed by atoms with van der Waals surface area (Å²) in [6.45, 7) is 1.18. The molecule has 2 aromatic rings. The maximum atomic E-state index is 13.4. The molecule has 0 spiro atoms. The van der Waals surface area contributed by atoms with E-state index in [-0.39, 0.29) is 29.8 Å². The van der Waals surface area contributed by atoms with E-state index in [2.05, 4.69) is 10.3 Å². The molecule has 0 aromatic carbocycles. The number of thioether (sulfide) groups is 1. The Morgan fingerprint density at radius 2 is 2.03 bits per heavy atom. The molecule has 2 fully saturated rings. The SMILES string of the molecule is O=C(O)CSc1cnc(NC(=O)N(C2CCCCC2)C2CCN(C(=O)c3cccs3)C2)s1. The number of hydrogen-bond donors (Lipinski definition) is 2. The van der Waals surface area contributed by atoms with Gasteiger partial charge in [-0.1, -0.05) is 36.7 Å². The molecular weight excluding hydrogens is 468 g/mol. The molecule has 1 unspecified atom stereocenters. The average molecular weight is 495 g/mol. The van der Waals surface area contributed by atoms with Crippen molar-refractivity contribution >= 4 is 57.5 Å². The summed E-state index contributed by atoms with van der Waals surface area (Å²) in [5.74, 6) is -0.896. The molecule has 1 saturated carbocycles. The van der Waals surface area contributed by atoms with Crippen LogP contribution in [0.1, 0.15) is 48.2 Å². The summed E-state index contributed by atoms with van der Waals surface area (Å²) in [5, 5.41) is 14.1. The van der Waals surface area contributed by atoms with E-state index in [1.165, 1.54) is 40.9 Å². The Morgan fingerprint density at radius 3 is 2.75 bits per heavy atom. The van der Waals surface area contributed by atoms with E-state index in [1.807, 2.05) is 27.3 Å². The Morgan fingerprint density at radius 1 is 1.22 bits per heavy atom. The minimum atomic E-state index is -0.889. The number of thiophene rings is 1. The lowest BCUT2D eigenvalue weighted by Gasteiger charge is -2.38. The van der Waals surface area contributed by atoms with Gasteiger partial charge < -0.3 is 14.9 Å². The molecule has 11 heteroatoms. The number of rotatable bonds is 7. The Kier molecular flexibility index (Phi) is 7.69. The van der Waals surface area contributed by atoms with Crippen LogP contribution in [0.25, 0.3) is 0 Å². The second-order valence-electron chi connectivity index (χ2n) is 7.97. The van der Waals surface area contributed by atoms with Crippen LogP contribution in [0.3, 0.4) is 0 Å². The molecule has 2 aliphatic rings. The van der Waals surface area contributed by atoms with Crippen molar-refractivity contribution in [2.45, 2.75) is 54.8 Å². The molecule has 0 bridgehead atoms. The van der Waals surface area contributed by atoms with Crippen LogP contribution in [-0.4, -0.2) is 68.7 Å². The summed E-state index contributed by atoms with van der Waals surface area (Å²) in [4.78, 5) is 45.7. The van der Waals surface area contributed by atoms with Crippen LogP contribution in [0.4, 0.5) is 9.93 Å². The van der Waals surface area contributed by atoms with E-state index in [0.717, 1.165) is 41.2 Å². The highest BCUT2D eigenvalue weighted by Crippen LogP contribution is 2.31. The standard InChI is InChI=1S/C21H26N4O4S3/c26-17(27)13-31-18-11-22-20(32-18)23-21(29)25(14-5-2-1-3-6-14)15-8-9-24(12-15)19(28)16-7-4-10-30-16/h4,7,10-11,14-15H,1-3,5-6,8-9,12-13H2,(H,26,27)(H,22,23,29). The number of carboxylic acids is 1. The first-order chi connectivity index (χ1) is 15.5. The van der Waals surface area contributed by atoms with Gasteiger partial charge in [0.05, 0.1) is 27.1 Å². The number of aliphatic carboxylic acids is 1. The number of likely N-dealkylation sites (tertiary alicyclic amines) is 1. The molecule has 172 valence electrons. The number of carbonyl (C=O) groups is 3. The number of anilines is 1. The topological polar surface area (TPSA) is 103 Å². The highest BCUT2D eigenvalue weighted by atomic mass is 32.2. The zero-order chi connectivity index (χ0) is 22.5. The quantitative estimate of drug-likeness (QED) is 0.551. The highest BCUT2D eigenvalue weighted by Gasteiger charge is 2.37. The van der Waals surface area contributed by atoms with E-state index in [1.54, 1.807) is 6.20 Å². The van der Waals surface area contributed by atoms with Crippen molar-refractivity contribution in [2.24, 2.45) is 0 Å². The number of carboxylic acid groups (broad SMARTS) is 1. The van der Waals surface area contributed by atoms with Gasteiger partial charge in [0, 0.05) is 19.1 Å². The fraction of sp³-hybridized carbons (Fsp3) is 0.524. The lowest BCUT2D eigenvalue weighted by molar-refractivity contribution is -0.133. The fourth-order valence-electron chi connectivity index (χ4n) is 4.37. The van der Waals surface area contributed by atoms with E-state index < -0.39 is 5.97 Å². The van der Waals surface area contributed by atoms with Gasteiger partial charge in [-0.2, -0.15) is 0 Å². The van der Waals surface area contributed by atoms with E-state index in [4.69, 9.17) is 5.11 Å². The van der Waals surface area contributed by atoms with Crippen molar-refractivity contribution in [2.75, 3.05) is 24.2 Å². The normalized spacial score (nSPS) is 19.1. The lowest BCUT2D eigenvalue weighted by Crippen LogP contribution is -2.51. The summed E-state index contributed by atoms with van der Waals surface area (Å²) < 4.78 is 0.750. The molecule has 1 atom stereocenters. The van der Waals surface area contributed by atoms with Gasteiger partial charge in [-0.05, 0) is 30.7 Å². The largest absolute Gasteiger partial charge is 0.481 e. The molecule has 4 rings (SSSR count). The van der Waals surface area contributed by atoms with Crippen LogP contribution in [0.15, 0.2) is 27.9 Å². The second-order valence-corrected chi connectivity index (χ2v) is 11.2. The first kappa shape index (κ1) is 23.1. The Labute approximate surface area is 199 Å². The molecule has 0 radical (unpaired) electrons. The average Bonchev–Trinajstić information content (AvgIpc) is 3.55. The van der Waals surface area contributed by atoms with Crippen LogP contribution in [0, 0.1) is 0 Å². The maximum absolute atomic E-state index is 13.4. The number of hydrogen-bond acceptors (Lipinski definition) is 7. The predicted octanol–water partition coefficient (Wildman–Crippen LogP) is 4.46. The molecule has 3 amide bonds. The molecular formula is C21H26N4O4S3. The monoisotopic (exact) mass is 494 g/mol. The van der Waals surface area contributed by atoms with Crippen molar-refractivity contribution < 1.29 is 19.5 Å². The fourth-order valence-corrected chi connectivity index (χ4v) is 6.64. The Balaban J connectivity index is 1.44. The predicted molar refractivity (Wildman–Crippen MR) is 127 cm³/mol. The Hall–Kier alpha value is -2.11. The number of urea groups is 1. The van der Waals surface area contributed by atoms with Crippen LogP contribution >= 0.6 is 34.4 Å². The molecule has 8 nitrogen and oxygen atoms in total. The van der Waals surface area contributed by atoms with Crippen LogP contribution in [0.2, 0.25) is 0 Å². The number of carbonyl (C=O) groups excluding carboxylic acids is 2. The summed E-state index contributed by atoms with van der Waals surface area (Å²) in [6, 6.07) is 3.67. The lowest BCUT2D eigenvalue weighted by atomic mass is 9.93. The molecule has 2 aromatic heterocycles. The van der Waals surface area contributed by atoms with Crippen molar-refractivity contribution in [1.29, 1.82) is 0 Å². The molecule has 3 heterocycles. The van der Waals surface area contributed by atoms with Gasteiger partial charge in [-0.3, -0.25) is 14.9 Å². The van der Waals surface area contributed by atoms with Crippen molar-refractivity contribution in [3.8, 4) is 0 Å². The maximum Gasteiger partial charge on any atom is 0.324 e. The number of aromatic nitrogens is 1. The smallest absolute Gasteiger partial charge is 0.324 e. The van der Waals surface area contributed by atoms with Crippen LogP contribution in [0.5, 0.6) is 0 Å². The number of amides is 3. The van der Waals surface area contributed by atoms with Gasteiger partial charge in [0.1, 0.15) is 0 Å². The first-order valence-corrected chi connectivity index (χ1v) is 13.4. The van der Waals surface area contributed by atoms with Gasteiger partial charge in [0.25, 0.3) is 5.91 Å². The minimum Gasteiger partial charge on any atom is -0.481 e. The first-order valence-electron chi connectivity index (χ1n) is 10.7. The molecule has 1 aliphatic carbocycles. The van der Waals surface area contributed by atoms with Crippen molar-refractivity contribution in [3.05, 3.63) is 28.6 Å². The van der Waals surface area contributed by atoms with Gasteiger partial charge >= 0.3 is 12.0 Å². The van der Waals surface area contributed by atoms with E-state index in [9.17, 15) is 14.4 Å². The van der Waals surface area contributed by atoms with E-state index >= 15 is 0 Å². The zero-order valence-corrected chi connectivity index (χ0v) is 20.0. The Bertz CT molecular complexity index is 943. The van der Waals surface area contributed by atoms with Gasteiger partial charge in [-0.25, -0.2) is 9.78 Å². The third-order valence-electron chi connectivity index (χ3n) is 5.81. The highest BCUT2D eigenvalue weighted by molar-refractivity contribution is 8.01. The van der Waals surface area contributed by atoms with Crippen molar-refractivity contribution in [3.63, 3.8) is 0 Å². The van der Waals surface area contributed by atoms with Crippen LogP contribution in [-0.2, 0) is 4.79 Å². The molecule has 1 aliphatic heterocycles. The number of thiazole rings is 1. The van der Waals surface area contributed by atoms with Crippen LogP contribution < -0.4 is 5.32 Å². The zero-order valence-electron chi connectivity index (χ0n) is 17.6. The van der Waals surface area contributed by atoms with Gasteiger partial charge in [-0.15, -0.1) is 23.1 Å². The molecule has 32 heavy (non-hydrogen) atoms. The second kappa shape index (κ2) is 10.7. The third-order valence-corrected chi connectivity index (χ3v) is 8.76. The number of nitrogens with one attached hydrogen (secondary N) is 1. The molecule has 1 saturated heterocycles. The minimum absolute atomic E-state index is 0.0252. The van der Waals surface area contributed by atoms with Crippen molar-refractivity contribution in [1.82, 2.24) is 14.8 Å². The molecule has 2 N–H and O–H groups in total. The summed E-state index contributed by atoms with van der Waals surface area (Å²) in [5.41, 5.74) is 0. The van der Waals surface area contributed by atoms with E-state index in [0.29, 0.717) is 18.2 Å². The third kappa shape index (κ3) is 5.62. The summed E-state index contributed by atoms with van der Waals surface area (Å²) in [7, 11) is 0. The van der Waals surface area contributed by atoms with Gasteiger partial charge in [0.15, 0.2) is 5.13 Å². The van der Waals surface area contributed by atoms with Gasteiger partial charge in [0.2, 0.25) is 0 Å².